The van der Waals surface area contributed by atoms with Crippen molar-refractivity contribution in [1.29, 1.82) is 0 Å². The molecule has 0 bridgehead atoms. The average Bonchev–Trinajstić information content (AvgIpc) is 3.10. The van der Waals surface area contributed by atoms with Crippen molar-refractivity contribution in [2.24, 2.45) is 5.92 Å². The lowest BCUT2D eigenvalue weighted by atomic mass is 10.1. The third-order valence-electron chi connectivity index (χ3n) is 5.32. The highest BCUT2D eigenvalue weighted by atomic mass is 16.2. The van der Waals surface area contributed by atoms with E-state index in [2.05, 4.69) is 22.8 Å². The van der Waals surface area contributed by atoms with Crippen LogP contribution in [0.15, 0.2) is 12.2 Å². The van der Waals surface area contributed by atoms with Crippen LogP contribution < -0.4 is 10.6 Å². The third kappa shape index (κ3) is 3.97. The Morgan fingerprint density at radius 3 is 2.88 bits per heavy atom. The third-order valence-corrected chi connectivity index (χ3v) is 5.32. The maximum atomic E-state index is 12.8. The number of nitrogens with zero attached hydrogens (tertiary/aromatic N) is 1. The normalized spacial score (nSPS) is 35.8. The smallest absolute Gasteiger partial charge is 0.245 e. The summed E-state index contributed by atoms with van der Waals surface area (Å²) in [7, 11) is 0. The molecule has 2 N–H and O–H groups in total. The Balaban J connectivity index is 1.72. The minimum atomic E-state index is -0.509. The minimum absolute atomic E-state index is 0.0403. The van der Waals surface area contributed by atoms with Crippen LogP contribution in [0.2, 0.25) is 0 Å². The van der Waals surface area contributed by atoms with Gasteiger partial charge in [-0.05, 0) is 44.4 Å². The highest BCUT2D eigenvalue weighted by Crippen LogP contribution is 2.32. The number of nitrogens with one attached hydrogen (secondary N) is 2. The molecule has 3 rings (SSSR count). The van der Waals surface area contributed by atoms with Gasteiger partial charge in [0.05, 0.1) is 0 Å². The van der Waals surface area contributed by atoms with Crippen LogP contribution in [-0.4, -0.2) is 47.8 Å². The summed E-state index contributed by atoms with van der Waals surface area (Å²) in [6.45, 7) is 0.599. The standard InChI is InChI=1S/C18H27N3O3/c22-12-19-14-8-5-3-1-2-4-7-13-11-15(13)20-17(23)16-9-6-10-21(16)18(14)24/h4,7,12-16H,1-3,5-6,8-11H2,(H,19,22)(H,20,23)/b7-4-/t13-,14?,15?,16?/m1/s1. The van der Waals surface area contributed by atoms with Gasteiger partial charge in [0.2, 0.25) is 18.2 Å². The molecular weight excluding hydrogens is 306 g/mol. The topological polar surface area (TPSA) is 78.5 Å². The summed E-state index contributed by atoms with van der Waals surface area (Å²) in [5.41, 5.74) is 0. The van der Waals surface area contributed by atoms with Gasteiger partial charge in [-0.25, -0.2) is 0 Å². The molecule has 1 saturated heterocycles. The van der Waals surface area contributed by atoms with E-state index in [1.807, 2.05) is 0 Å². The van der Waals surface area contributed by atoms with Crippen LogP contribution >= 0.6 is 0 Å². The maximum absolute atomic E-state index is 12.8. The van der Waals surface area contributed by atoms with Gasteiger partial charge < -0.3 is 15.5 Å². The molecule has 2 fully saturated rings. The lowest BCUT2D eigenvalue weighted by Gasteiger charge is -2.28. The Hall–Kier alpha value is -1.85. The molecule has 0 spiro atoms. The number of rotatable bonds is 2. The van der Waals surface area contributed by atoms with Gasteiger partial charge in [-0.2, -0.15) is 0 Å². The van der Waals surface area contributed by atoms with E-state index in [0.29, 0.717) is 31.7 Å². The first-order valence-corrected chi connectivity index (χ1v) is 9.18. The molecule has 2 aliphatic heterocycles. The Morgan fingerprint density at radius 1 is 1.17 bits per heavy atom. The van der Waals surface area contributed by atoms with Gasteiger partial charge >= 0.3 is 0 Å². The lowest BCUT2D eigenvalue weighted by molar-refractivity contribution is -0.140. The minimum Gasteiger partial charge on any atom is -0.351 e. The quantitative estimate of drug-likeness (QED) is 0.587. The van der Waals surface area contributed by atoms with Crippen LogP contribution in [-0.2, 0) is 14.4 Å². The van der Waals surface area contributed by atoms with Crippen molar-refractivity contribution in [2.75, 3.05) is 6.54 Å². The van der Waals surface area contributed by atoms with Crippen molar-refractivity contribution in [3.8, 4) is 0 Å². The summed E-state index contributed by atoms with van der Waals surface area (Å²) < 4.78 is 0. The molecule has 6 heteroatoms. The van der Waals surface area contributed by atoms with Crippen LogP contribution in [0.25, 0.3) is 0 Å². The number of fused-ring (bicyclic) bond motifs is 2. The molecule has 1 saturated carbocycles. The molecule has 4 atom stereocenters. The van der Waals surface area contributed by atoms with Crippen LogP contribution in [0.4, 0.5) is 0 Å². The van der Waals surface area contributed by atoms with Gasteiger partial charge in [0.1, 0.15) is 12.1 Å². The fourth-order valence-corrected chi connectivity index (χ4v) is 3.79. The summed E-state index contributed by atoms with van der Waals surface area (Å²) in [5, 5.41) is 5.74. The number of hydrogen-bond donors (Lipinski definition) is 2. The zero-order chi connectivity index (χ0) is 16.9. The largest absolute Gasteiger partial charge is 0.351 e. The molecule has 6 nitrogen and oxygen atoms in total. The first kappa shape index (κ1) is 17.0. The van der Waals surface area contributed by atoms with Crippen LogP contribution in [0.1, 0.15) is 51.4 Å². The summed E-state index contributed by atoms with van der Waals surface area (Å²) >= 11 is 0. The van der Waals surface area contributed by atoms with Gasteiger partial charge in [0.25, 0.3) is 0 Å². The second kappa shape index (κ2) is 7.81. The molecule has 1 aliphatic carbocycles. The Labute approximate surface area is 143 Å². The Kier molecular flexibility index (Phi) is 5.53. The predicted octanol–water partition coefficient (Wildman–Crippen LogP) is 1.12. The molecule has 0 aromatic heterocycles. The second-order valence-electron chi connectivity index (χ2n) is 7.11. The van der Waals surface area contributed by atoms with Crippen molar-refractivity contribution in [3.63, 3.8) is 0 Å². The van der Waals surface area contributed by atoms with E-state index in [4.69, 9.17) is 0 Å². The average molecular weight is 333 g/mol. The summed E-state index contributed by atoms with van der Waals surface area (Å²) in [6.07, 6.45) is 12.3. The van der Waals surface area contributed by atoms with E-state index in [-0.39, 0.29) is 23.9 Å². The number of carbonyl (C=O) groups excluding carboxylic acids is 3. The second-order valence-corrected chi connectivity index (χ2v) is 7.11. The first-order chi connectivity index (χ1) is 11.7. The van der Waals surface area contributed by atoms with Gasteiger partial charge in [-0.1, -0.05) is 25.0 Å². The van der Waals surface area contributed by atoms with Crippen LogP contribution in [0.3, 0.4) is 0 Å². The van der Waals surface area contributed by atoms with Crippen LogP contribution in [0.5, 0.6) is 0 Å². The summed E-state index contributed by atoms with van der Waals surface area (Å²) in [4.78, 5) is 37.9. The molecule has 24 heavy (non-hydrogen) atoms. The fraction of sp³-hybridized carbons (Fsp3) is 0.722. The predicted molar refractivity (Wildman–Crippen MR) is 90.0 cm³/mol. The molecule has 132 valence electrons. The van der Waals surface area contributed by atoms with Gasteiger partial charge in [0.15, 0.2) is 0 Å². The molecule has 2 heterocycles. The van der Waals surface area contributed by atoms with E-state index < -0.39 is 6.04 Å². The Morgan fingerprint density at radius 2 is 2.04 bits per heavy atom. The van der Waals surface area contributed by atoms with Crippen molar-refractivity contribution < 1.29 is 14.4 Å². The first-order valence-electron chi connectivity index (χ1n) is 9.18. The van der Waals surface area contributed by atoms with E-state index in [1.54, 1.807) is 4.90 Å². The Bertz CT molecular complexity index is 520. The van der Waals surface area contributed by atoms with E-state index in [1.165, 1.54) is 0 Å². The van der Waals surface area contributed by atoms with Crippen molar-refractivity contribution in [3.05, 3.63) is 12.2 Å². The summed E-state index contributed by atoms with van der Waals surface area (Å²) in [5.74, 6) is 0.302. The number of carbonyl (C=O) groups is 3. The molecule has 0 radical (unpaired) electrons. The molecule has 3 aliphatic rings. The monoisotopic (exact) mass is 333 g/mol. The molecule has 3 unspecified atom stereocenters. The van der Waals surface area contributed by atoms with Crippen molar-refractivity contribution in [2.45, 2.75) is 69.5 Å². The maximum Gasteiger partial charge on any atom is 0.245 e. The SMILES string of the molecule is O=CNC1CCCCC/C=C\[C@@H]2CC2NC(=O)C2CCCN2C1=O. The summed E-state index contributed by atoms with van der Waals surface area (Å²) in [6, 6.07) is -0.672. The number of amides is 3. The van der Waals surface area contributed by atoms with E-state index in [9.17, 15) is 14.4 Å². The number of allylic oxidation sites excluding steroid dienone is 1. The van der Waals surface area contributed by atoms with Gasteiger partial charge in [0, 0.05) is 12.6 Å². The van der Waals surface area contributed by atoms with Gasteiger partial charge in [-0.3, -0.25) is 14.4 Å². The van der Waals surface area contributed by atoms with E-state index >= 15 is 0 Å². The zero-order valence-corrected chi connectivity index (χ0v) is 14.1. The van der Waals surface area contributed by atoms with E-state index in [0.717, 1.165) is 38.5 Å². The van der Waals surface area contributed by atoms with Crippen molar-refractivity contribution in [1.82, 2.24) is 15.5 Å². The lowest BCUT2D eigenvalue weighted by Crippen LogP contribution is -2.52. The molecule has 3 amide bonds. The van der Waals surface area contributed by atoms with Crippen LogP contribution in [0, 0.1) is 5.92 Å². The fourth-order valence-electron chi connectivity index (χ4n) is 3.79. The highest BCUT2D eigenvalue weighted by Gasteiger charge is 2.41. The molecule has 0 aromatic carbocycles. The van der Waals surface area contributed by atoms with Crippen molar-refractivity contribution >= 4 is 18.2 Å². The zero-order valence-electron chi connectivity index (χ0n) is 14.1. The highest BCUT2D eigenvalue weighted by molar-refractivity contribution is 5.91. The molecular formula is C18H27N3O3. The number of hydrogen-bond acceptors (Lipinski definition) is 3. The molecule has 0 aromatic rings. The van der Waals surface area contributed by atoms with Gasteiger partial charge in [-0.15, -0.1) is 0 Å².